The molecule has 0 atom stereocenters. The molecule has 0 aliphatic heterocycles. The molecule has 7 aromatic carbocycles. The van der Waals surface area contributed by atoms with Crippen molar-refractivity contribution in [3.8, 4) is 35.7 Å². The van der Waals surface area contributed by atoms with Gasteiger partial charge in [-0.2, -0.15) is 21.0 Å². The molecule has 0 fully saturated rings. The molecular weight excluding hydrogens is 850 g/mol. The van der Waals surface area contributed by atoms with Crippen LogP contribution in [0.1, 0.15) is 22.3 Å². The van der Waals surface area contributed by atoms with Crippen molar-refractivity contribution in [2.24, 2.45) is 0 Å². The van der Waals surface area contributed by atoms with Crippen LogP contribution >= 0.6 is 46.4 Å². The number of para-hydroxylation sites is 4. The van der Waals surface area contributed by atoms with Gasteiger partial charge in [0.2, 0.25) is 0 Å². The average Bonchev–Trinajstić information content (AvgIpc) is 3.84. The van der Waals surface area contributed by atoms with E-state index in [1.54, 1.807) is 0 Å². The average molecular weight is 883 g/mol. The summed E-state index contributed by atoms with van der Waals surface area (Å²) in [7, 11) is 0. The number of alkyl halides is 4. The van der Waals surface area contributed by atoms with Gasteiger partial charge in [0.05, 0.1) is 32.7 Å². The van der Waals surface area contributed by atoms with Crippen LogP contribution in [0.15, 0.2) is 181 Å². The molecule has 10 heteroatoms. The third-order valence-electron chi connectivity index (χ3n) is 10.4. The summed E-state index contributed by atoms with van der Waals surface area (Å²) in [5.41, 5.74) is 9.95. The number of benzene rings is 7. The molecule has 0 unspecified atom stereocenters. The van der Waals surface area contributed by atoms with Gasteiger partial charge in [0.1, 0.15) is 35.4 Å². The number of allylic oxidation sites excluding steroid dienone is 2. The van der Waals surface area contributed by atoms with E-state index < -0.39 is 0 Å². The highest BCUT2D eigenvalue weighted by Gasteiger charge is 2.18. The molecule has 0 aliphatic carbocycles. The van der Waals surface area contributed by atoms with Crippen LogP contribution in [-0.2, 0) is 0 Å². The molecule has 0 amide bonds. The van der Waals surface area contributed by atoms with Crippen LogP contribution in [0.2, 0.25) is 0 Å². The summed E-state index contributed by atoms with van der Waals surface area (Å²) < 4.78 is 4.43. The summed E-state index contributed by atoms with van der Waals surface area (Å²) in [5.74, 6) is 0. The Kier molecular flexibility index (Phi) is 13.7. The van der Waals surface area contributed by atoms with Crippen molar-refractivity contribution in [3.63, 3.8) is 0 Å². The standard InChI is InChI=1S/C50H28N6.2CH2Cl2/c51-29-37(30-52)49(35-21-25-39(26-22-35)55-45-13-5-1-9-41(45)42-10-2-6-14-46(42)55)33-17-19-34(20-18-33)50(38(31-53)32-54)36-23-27-40(28-24-36)56-47-15-7-3-11-43(47)44-12-4-8-16-48(44)56;2*2-1-3/h1-28H;2*1H2. The second-order valence-electron chi connectivity index (χ2n) is 13.6. The molecule has 0 N–H and O–H groups in total. The first-order valence-corrected chi connectivity index (χ1v) is 21.2. The number of rotatable bonds is 6. The Balaban J connectivity index is 0.000000912. The smallest absolute Gasteiger partial charge is 0.138 e. The second-order valence-corrected chi connectivity index (χ2v) is 15.2. The Labute approximate surface area is 378 Å². The van der Waals surface area contributed by atoms with E-state index in [-0.39, 0.29) is 21.8 Å². The molecule has 2 heterocycles. The predicted octanol–water partition coefficient (Wildman–Crippen LogP) is 14.4. The highest BCUT2D eigenvalue weighted by Crippen LogP contribution is 2.36. The first kappa shape index (κ1) is 42.8. The van der Waals surface area contributed by atoms with Crippen LogP contribution in [0.25, 0.3) is 66.1 Å². The van der Waals surface area contributed by atoms with Gasteiger partial charge in [-0.05, 0) is 70.8 Å². The van der Waals surface area contributed by atoms with E-state index in [0.29, 0.717) is 33.4 Å². The van der Waals surface area contributed by atoms with Crippen molar-refractivity contribution in [2.75, 3.05) is 10.7 Å². The SMILES string of the molecule is ClCCl.ClCCl.N#CC(C#N)=C(c1ccc(C(=C(C#N)C#N)c2ccc(-n3c4ccccc4c4ccccc43)cc2)cc1)c1ccc(-n2c3ccccc3c3ccccc32)cc1. The fourth-order valence-electron chi connectivity index (χ4n) is 7.94. The lowest BCUT2D eigenvalue weighted by molar-refractivity contribution is 1.18. The lowest BCUT2D eigenvalue weighted by atomic mass is 9.89. The summed E-state index contributed by atoms with van der Waals surface area (Å²) >= 11 is 19.1. The van der Waals surface area contributed by atoms with E-state index in [2.05, 4.69) is 81.9 Å². The van der Waals surface area contributed by atoms with Gasteiger partial charge >= 0.3 is 0 Å². The normalized spacial score (nSPS) is 10.3. The van der Waals surface area contributed by atoms with Crippen LogP contribution in [0.5, 0.6) is 0 Å². The summed E-state index contributed by atoms with van der Waals surface area (Å²) in [6, 6.07) is 64.7. The molecule has 0 aliphatic rings. The van der Waals surface area contributed by atoms with E-state index in [0.717, 1.165) is 55.0 Å². The van der Waals surface area contributed by atoms with Crippen LogP contribution < -0.4 is 0 Å². The third kappa shape index (κ3) is 8.26. The maximum atomic E-state index is 10.1. The Morgan fingerprint density at radius 2 is 0.548 bits per heavy atom. The van der Waals surface area contributed by atoms with Crippen molar-refractivity contribution in [3.05, 3.63) is 203 Å². The van der Waals surface area contributed by atoms with Gasteiger partial charge in [-0.3, -0.25) is 0 Å². The van der Waals surface area contributed by atoms with Crippen molar-refractivity contribution in [2.45, 2.75) is 0 Å². The van der Waals surface area contributed by atoms with Gasteiger partial charge < -0.3 is 9.13 Å². The minimum Gasteiger partial charge on any atom is -0.309 e. The van der Waals surface area contributed by atoms with Gasteiger partial charge in [0.25, 0.3) is 0 Å². The molecule has 0 radical (unpaired) electrons. The van der Waals surface area contributed by atoms with Crippen LogP contribution in [0.3, 0.4) is 0 Å². The van der Waals surface area contributed by atoms with E-state index in [1.807, 2.05) is 121 Å². The fourth-order valence-corrected chi connectivity index (χ4v) is 7.94. The molecule has 9 aromatic rings. The topological polar surface area (TPSA) is 105 Å². The zero-order valence-corrected chi connectivity index (χ0v) is 35.8. The number of halogens is 4. The van der Waals surface area contributed by atoms with Gasteiger partial charge in [-0.15, -0.1) is 46.4 Å². The van der Waals surface area contributed by atoms with Crippen LogP contribution in [0, 0.1) is 45.3 Å². The lowest BCUT2D eigenvalue weighted by Gasteiger charge is -2.14. The van der Waals surface area contributed by atoms with E-state index >= 15 is 0 Å². The van der Waals surface area contributed by atoms with Crippen LogP contribution in [-0.4, -0.2) is 19.8 Å². The number of aromatic nitrogens is 2. The Morgan fingerprint density at radius 3 is 0.774 bits per heavy atom. The summed E-state index contributed by atoms with van der Waals surface area (Å²) in [4.78, 5) is 0. The number of nitrogens with zero attached hydrogens (tertiary/aromatic N) is 6. The highest BCUT2D eigenvalue weighted by atomic mass is 35.5. The Morgan fingerprint density at radius 1 is 0.339 bits per heavy atom. The number of hydrogen-bond donors (Lipinski definition) is 0. The van der Waals surface area contributed by atoms with Gasteiger partial charge in [0.15, 0.2) is 0 Å². The maximum Gasteiger partial charge on any atom is 0.138 e. The van der Waals surface area contributed by atoms with Gasteiger partial charge in [-0.1, -0.05) is 121 Å². The first-order chi connectivity index (χ1) is 30.5. The molecule has 0 spiro atoms. The molecule has 298 valence electrons. The summed E-state index contributed by atoms with van der Waals surface area (Å²) in [5, 5.41) is 45.4. The van der Waals surface area contributed by atoms with E-state index in [1.165, 1.54) is 0 Å². The van der Waals surface area contributed by atoms with E-state index in [9.17, 15) is 21.0 Å². The zero-order valence-electron chi connectivity index (χ0n) is 32.8. The van der Waals surface area contributed by atoms with Crippen molar-refractivity contribution in [1.82, 2.24) is 9.13 Å². The van der Waals surface area contributed by atoms with Crippen molar-refractivity contribution in [1.29, 1.82) is 21.0 Å². The van der Waals surface area contributed by atoms with Crippen molar-refractivity contribution >= 4 is 101 Å². The molecular formula is C52H32Cl4N6. The third-order valence-corrected chi connectivity index (χ3v) is 10.4. The summed E-state index contributed by atoms with van der Waals surface area (Å²) in [6.07, 6.45) is 0. The fraction of sp³-hybridized carbons (Fsp3) is 0.0385. The Hall–Kier alpha value is -7.26. The van der Waals surface area contributed by atoms with E-state index in [4.69, 9.17) is 46.4 Å². The molecule has 0 saturated carbocycles. The predicted molar refractivity (Wildman–Crippen MR) is 256 cm³/mol. The quantitative estimate of drug-likeness (QED) is 0.122. The maximum absolute atomic E-state index is 10.1. The van der Waals surface area contributed by atoms with Gasteiger partial charge in [-0.25, -0.2) is 0 Å². The zero-order chi connectivity index (χ0) is 43.6. The first-order valence-electron chi connectivity index (χ1n) is 19.1. The molecule has 62 heavy (non-hydrogen) atoms. The van der Waals surface area contributed by atoms with Gasteiger partial charge in [0, 0.05) is 44.1 Å². The number of fused-ring (bicyclic) bond motifs is 6. The number of nitriles is 4. The monoisotopic (exact) mass is 880 g/mol. The highest BCUT2D eigenvalue weighted by molar-refractivity contribution is 6.41. The second kappa shape index (κ2) is 19.9. The lowest BCUT2D eigenvalue weighted by Crippen LogP contribution is -1.98. The number of hydrogen-bond acceptors (Lipinski definition) is 4. The Bertz CT molecular complexity index is 2950. The molecule has 9 rings (SSSR count). The molecule has 6 nitrogen and oxygen atoms in total. The minimum atomic E-state index is -0.0199. The molecule has 0 saturated heterocycles. The minimum absolute atomic E-state index is 0.0199. The molecule has 2 aromatic heterocycles. The van der Waals surface area contributed by atoms with Crippen LogP contribution in [0.4, 0.5) is 0 Å². The molecule has 0 bridgehead atoms. The van der Waals surface area contributed by atoms with Crippen molar-refractivity contribution < 1.29 is 0 Å². The largest absolute Gasteiger partial charge is 0.309 e. The summed E-state index contributed by atoms with van der Waals surface area (Å²) in [6.45, 7) is 0.